The molecule has 144 valence electrons. The van der Waals surface area contributed by atoms with Crippen molar-refractivity contribution in [2.24, 2.45) is 5.73 Å². The van der Waals surface area contributed by atoms with Crippen LogP contribution in [0.25, 0.3) is 0 Å². The molecule has 1 fully saturated rings. The number of nitrogens with one attached hydrogen (secondary N) is 2. The van der Waals surface area contributed by atoms with Crippen LogP contribution in [0.5, 0.6) is 0 Å². The van der Waals surface area contributed by atoms with Crippen LogP contribution in [0.3, 0.4) is 0 Å². The first-order valence-corrected chi connectivity index (χ1v) is 9.62. The van der Waals surface area contributed by atoms with E-state index in [1.807, 2.05) is 24.3 Å². The first-order valence-electron chi connectivity index (χ1n) is 8.75. The highest BCUT2D eigenvalue weighted by Crippen LogP contribution is 2.19. The fourth-order valence-corrected chi connectivity index (χ4v) is 3.39. The summed E-state index contributed by atoms with van der Waals surface area (Å²) in [5.41, 5.74) is 7.78. The minimum Gasteiger partial charge on any atom is -0.378 e. The summed E-state index contributed by atoms with van der Waals surface area (Å²) in [5.74, 6) is -0.693. The number of nitrogens with zero attached hydrogens (tertiary/aromatic N) is 2. The summed E-state index contributed by atoms with van der Waals surface area (Å²) >= 11 is 1.33. The lowest BCUT2D eigenvalue weighted by atomic mass is 10.2. The molecule has 27 heavy (non-hydrogen) atoms. The van der Waals surface area contributed by atoms with Crippen LogP contribution in [-0.2, 0) is 9.53 Å². The number of rotatable bonds is 6. The van der Waals surface area contributed by atoms with Crippen LogP contribution in [0.1, 0.15) is 28.5 Å². The molecule has 0 unspecified atom stereocenters. The van der Waals surface area contributed by atoms with E-state index in [1.54, 1.807) is 12.3 Å². The SMILES string of the molecule is C[C@H](N)c1nc(C(=O)NCC(=O)Nc2ccc(N3CCOCC3)cc2)cs1. The van der Waals surface area contributed by atoms with Gasteiger partial charge in [-0.15, -0.1) is 11.3 Å². The molecule has 1 saturated heterocycles. The molecule has 1 aliphatic heterocycles. The second-order valence-electron chi connectivity index (χ2n) is 6.24. The van der Waals surface area contributed by atoms with Gasteiger partial charge in [-0.25, -0.2) is 4.98 Å². The Labute approximate surface area is 161 Å². The lowest BCUT2D eigenvalue weighted by Gasteiger charge is -2.28. The first-order chi connectivity index (χ1) is 13.0. The second kappa shape index (κ2) is 8.94. The lowest BCUT2D eigenvalue weighted by molar-refractivity contribution is -0.115. The van der Waals surface area contributed by atoms with Crippen molar-refractivity contribution in [3.8, 4) is 0 Å². The highest BCUT2D eigenvalue weighted by molar-refractivity contribution is 7.09. The second-order valence-corrected chi connectivity index (χ2v) is 7.13. The number of thiazole rings is 1. The Morgan fingerprint density at radius 2 is 2.00 bits per heavy atom. The third-order valence-corrected chi connectivity index (χ3v) is 5.13. The maximum atomic E-state index is 12.1. The summed E-state index contributed by atoms with van der Waals surface area (Å²) in [5, 5.41) is 7.65. The molecule has 2 amide bonds. The van der Waals surface area contributed by atoms with Gasteiger partial charge in [0.25, 0.3) is 5.91 Å². The van der Waals surface area contributed by atoms with Gasteiger partial charge in [-0.2, -0.15) is 0 Å². The molecule has 1 aromatic heterocycles. The molecule has 8 nitrogen and oxygen atoms in total. The molecule has 1 atom stereocenters. The Bertz CT molecular complexity index is 785. The van der Waals surface area contributed by atoms with Crippen molar-refractivity contribution < 1.29 is 14.3 Å². The maximum absolute atomic E-state index is 12.1. The summed E-state index contributed by atoms with van der Waals surface area (Å²) in [6.45, 7) is 4.84. The number of hydrogen-bond acceptors (Lipinski definition) is 7. The molecule has 0 saturated carbocycles. The van der Waals surface area contributed by atoms with Crippen molar-refractivity contribution in [2.45, 2.75) is 13.0 Å². The Kier molecular flexibility index (Phi) is 6.38. The molecule has 9 heteroatoms. The number of nitrogens with two attached hydrogens (primary N) is 1. The van der Waals surface area contributed by atoms with Gasteiger partial charge in [0.2, 0.25) is 5.91 Å². The highest BCUT2D eigenvalue weighted by atomic mass is 32.1. The Hall–Kier alpha value is -2.49. The van der Waals surface area contributed by atoms with E-state index in [4.69, 9.17) is 10.5 Å². The number of carbonyl (C=O) groups is 2. The Morgan fingerprint density at radius 1 is 1.30 bits per heavy atom. The van der Waals surface area contributed by atoms with Crippen molar-refractivity contribution in [3.05, 3.63) is 40.3 Å². The zero-order valence-electron chi connectivity index (χ0n) is 15.1. The molecule has 2 aromatic rings. The molecular weight excluding hydrogens is 366 g/mol. The van der Waals surface area contributed by atoms with E-state index < -0.39 is 5.91 Å². The number of benzene rings is 1. The predicted molar refractivity (Wildman–Crippen MR) is 105 cm³/mol. The number of ether oxygens (including phenoxy) is 1. The summed E-state index contributed by atoms with van der Waals surface area (Å²) in [6.07, 6.45) is 0. The molecule has 0 radical (unpaired) electrons. The van der Waals surface area contributed by atoms with Gasteiger partial charge in [0.15, 0.2) is 0 Å². The van der Waals surface area contributed by atoms with Crippen LogP contribution in [0.4, 0.5) is 11.4 Å². The highest BCUT2D eigenvalue weighted by Gasteiger charge is 2.14. The van der Waals surface area contributed by atoms with E-state index in [9.17, 15) is 9.59 Å². The van der Waals surface area contributed by atoms with Crippen LogP contribution in [-0.4, -0.2) is 49.6 Å². The van der Waals surface area contributed by atoms with Crippen molar-refractivity contribution in [3.63, 3.8) is 0 Å². The minimum absolute atomic E-state index is 0.130. The monoisotopic (exact) mass is 389 g/mol. The van der Waals surface area contributed by atoms with E-state index in [2.05, 4.69) is 20.5 Å². The van der Waals surface area contributed by atoms with E-state index in [0.29, 0.717) is 10.7 Å². The van der Waals surface area contributed by atoms with Gasteiger partial charge in [-0.05, 0) is 31.2 Å². The Morgan fingerprint density at radius 3 is 2.63 bits per heavy atom. The third kappa shape index (κ3) is 5.25. The first kappa shape index (κ1) is 19.3. The summed E-state index contributed by atoms with van der Waals surface area (Å²) in [7, 11) is 0. The standard InChI is InChI=1S/C18H23N5O3S/c1-12(19)18-22-15(11-27-18)17(25)20-10-16(24)21-13-2-4-14(5-3-13)23-6-8-26-9-7-23/h2-5,11-12H,6-10,19H2,1H3,(H,20,25)(H,21,24)/t12-/m0/s1. The number of hydrogen-bond donors (Lipinski definition) is 3. The van der Waals surface area contributed by atoms with Crippen LogP contribution < -0.4 is 21.3 Å². The van der Waals surface area contributed by atoms with Gasteiger partial charge in [-0.3, -0.25) is 9.59 Å². The molecule has 1 aliphatic rings. The summed E-state index contributed by atoms with van der Waals surface area (Å²) in [4.78, 5) is 30.5. The van der Waals surface area contributed by atoms with Gasteiger partial charge in [0.05, 0.1) is 25.8 Å². The third-order valence-electron chi connectivity index (χ3n) is 4.08. The topological polar surface area (TPSA) is 110 Å². The van der Waals surface area contributed by atoms with E-state index in [0.717, 1.165) is 32.0 Å². The fraction of sp³-hybridized carbons (Fsp3) is 0.389. The molecule has 0 bridgehead atoms. The Balaban J connectivity index is 1.47. The van der Waals surface area contributed by atoms with Gasteiger partial charge < -0.3 is 26.0 Å². The normalized spacial score (nSPS) is 15.3. The number of anilines is 2. The van der Waals surface area contributed by atoms with Crippen LogP contribution in [0, 0.1) is 0 Å². The van der Waals surface area contributed by atoms with Crippen molar-refractivity contribution in [1.82, 2.24) is 10.3 Å². The minimum atomic E-state index is -0.393. The zero-order chi connectivity index (χ0) is 19.2. The molecular formula is C18H23N5O3S. The van der Waals surface area contributed by atoms with Gasteiger partial charge in [-0.1, -0.05) is 0 Å². The fourth-order valence-electron chi connectivity index (χ4n) is 2.63. The van der Waals surface area contributed by atoms with E-state index in [1.165, 1.54) is 11.3 Å². The quantitative estimate of drug-likeness (QED) is 0.688. The molecule has 0 spiro atoms. The molecule has 3 rings (SSSR count). The predicted octanol–water partition coefficient (Wildman–Crippen LogP) is 1.37. The van der Waals surface area contributed by atoms with Gasteiger partial charge in [0.1, 0.15) is 10.7 Å². The molecule has 4 N–H and O–H groups in total. The van der Waals surface area contributed by atoms with Gasteiger partial charge >= 0.3 is 0 Å². The lowest BCUT2D eigenvalue weighted by Crippen LogP contribution is -2.36. The average molecular weight is 389 g/mol. The molecule has 0 aliphatic carbocycles. The van der Waals surface area contributed by atoms with E-state index in [-0.39, 0.29) is 24.2 Å². The van der Waals surface area contributed by atoms with Crippen LogP contribution in [0.15, 0.2) is 29.6 Å². The van der Waals surface area contributed by atoms with Crippen LogP contribution in [0.2, 0.25) is 0 Å². The summed E-state index contributed by atoms with van der Waals surface area (Å²) < 4.78 is 5.35. The number of morpholine rings is 1. The largest absolute Gasteiger partial charge is 0.378 e. The van der Waals surface area contributed by atoms with Crippen molar-refractivity contribution >= 4 is 34.5 Å². The zero-order valence-corrected chi connectivity index (χ0v) is 15.9. The molecule has 2 heterocycles. The average Bonchev–Trinajstić information content (AvgIpc) is 3.18. The summed E-state index contributed by atoms with van der Waals surface area (Å²) in [6, 6.07) is 7.40. The van der Waals surface area contributed by atoms with E-state index >= 15 is 0 Å². The molecule has 1 aromatic carbocycles. The maximum Gasteiger partial charge on any atom is 0.271 e. The number of carbonyl (C=O) groups excluding carboxylic acids is 2. The van der Waals surface area contributed by atoms with Crippen molar-refractivity contribution in [1.29, 1.82) is 0 Å². The van der Waals surface area contributed by atoms with Crippen LogP contribution >= 0.6 is 11.3 Å². The number of amides is 2. The van der Waals surface area contributed by atoms with Gasteiger partial charge in [0, 0.05) is 29.8 Å². The number of aromatic nitrogens is 1. The smallest absolute Gasteiger partial charge is 0.271 e. The van der Waals surface area contributed by atoms with Crippen molar-refractivity contribution in [2.75, 3.05) is 43.1 Å².